The van der Waals surface area contributed by atoms with E-state index in [2.05, 4.69) is 4.98 Å². The quantitative estimate of drug-likeness (QED) is 0.556. The number of halogens is 4. The number of carbonyl (C=O) groups is 1. The van der Waals surface area contributed by atoms with E-state index in [1.807, 2.05) is 0 Å². The fourth-order valence-electron chi connectivity index (χ4n) is 2.76. The van der Waals surface area contributed by atoms with Crippen molar-refractivity contribution in [2.45, 2.75) is 17.6 Å². The van der Waals surface area contributed by atoms with Gasteiger partial charge in [0.2, 0.25) is 0 Å². The third-order valence-corrected chi connectivity index (χ3v) is 6.19. The molecule has 0 aliphatic rings. The molecule has 0 aliphatic carbocycles. The summed E-state index contributed by atoms with van der Waals surface area (Å²) < 4.78 is 68.2. The summed E-state index contributed by atoms with van der Waals surface area (Å²) in [4.78, 5) is 14.3. The van der Waals surface area contributed by atoms with Gasteiger partial charge in [0, 0.05) is 6.20 Å². The molecule has 162 valence electrons. The minimum atomic E-state index is -4.93. The summed E-state index contributed by atoms with van der Waals surface area (Å²) in [6.07, 6.45) is -4.00. The van der Waals surface area contributed by atoms with E-state index in [4.69, 9.17) is 16.7 Å². The summed E-state index contributed by atoms with van der Waals surface area (Å²) >= 11 is 5.68. The van der Waals surface area contributed by atoms with Gasteiger partial charge in [-0.3, -0.25) is 0 Å². The third kappa shape index (κ3) is 4.97. The SMILES string of the molecule is O=C(O)c1ccc(S(=O)(=O)N(Cc2ccccc2)c2ncc(Cl)cc2C(F)(F)F)cc1. The molecule has 0 saturated carbocycles. The van der Waals surface area contributed by atoms with E-state index in [9.17, 15) is 26.4 Å². The van der Waals surface area contributed by atoms with Crippen LogP contribution in [-0.2, 0) is 22.7 Å². The summed E-state index contributed by atoms with van der Waals surface area (Å²) in [7, 11) is -4.56. The van der Waals surface area contributed by atoms with Crippen LogP contribution in [-0.4, -0.2) is 24.5 Å². The Bertz CT molecular complexity index is 1200. The van der Waals surface area contributed by atoms with Crippen molar-refractivity contribution < 1.29 is 31.5 Å². The molecule has 1 aromatic heterocycles. The minimum absolute atomic E-state index is 0.172. The van der Waals surface area contributed by atoms with Crippen LogP contribution in [0.1, 0.15) is 21.5 Å². The summed E-state index contributed by atoms with van der Waals surface area (Å²) in [5.41, 5.74) is -1.08. The zero-order valence-corrected chi connectivity index (χ0v) is 17.1. The number of benzene rings is 2. The van der Waals surface area contributed by atoms with Crippen LogP contribution in [0.5, 0.6) is 0 Å². The molecule has 31 heavy (non-hydrogen) atoms. The number of carboxylic acids is 1. The Morgan fingerprint density at radius 1 is 1.06 bits per heavy atom. The Kier molecular flexibility index (Phi) is 6.23. The monoisotopic (exact) mass is 470 g/mol. The maximum absolute atomic E-state index is 13.7. The number of carboxylic acid groups (broad SMARTS) is 1. The van der Waals surface area contributed by atoms with Gasteiger partial charge in [0.15, 0.2) is 5.82 Å². The van der Waals surface area contributed by atoms with Crippen molar-refractivity contribution in [2.24, 2.45) is 0 Å². The lowest BCUT2D eigenvalue weighted by molar-refractivity contribution is -0.137. The van der Waals surface area contributed by atoms with Gasteiger partial charge in [-0.25, -0.2) is 22.5 Å². The first-order valence-electron chi connectivity index (χ1n) is 8.63. The maximum atomic E-state index is 13.7. The number of sulfonamides is 1. The van der Waals surface area contributed by atoms with Crippen molar-refractivity contribution in [3.05, 3.63) is 88.6 Å². The molecular formula is C20H14ClF3N2O4S. The molecule has 3 rings (SSSR count). The number of hydrogen-bond acceptors (Lipinski definition) is 4. The van der Waals surface area contributed by atoms with Gasteiger partial charge in [-0.05, 0) is 35.9 Å². The van der Waals surface area contributed by atoms with Crippen molar-refractivity contribution in [3.8, 4) is 0 Å². The molecule has 0 radical (unpaired) electrons. The highest BCUT2D eigenvalue weighted by Gasteiger charge is 2.39. The fourth-order valence-corrected chi connectivity index (χ4v) is 4.34. The van der Waals surface area contributed by atoms with Crippen LogP contribution in [0.3, 0.4) is 0 Å². The number of alkyl halides is 3. The number of anilines is 1. The number of pyridine rings is 1. The lowest BCUT2D eigenvalue weighted by Gasteiger charge is -2.26. The summed E-state index contributed by atoms with van der Waals surface area (Å²) in [6.45, 7) is -0.443. The normalized spacial score (nSPS) is 11.9. The molecular weight excluding hydrogens is 457 g/mol. The Hall–Kier alpha value is -3.11. The topological polar surface area (TPSA) is 87.6 Å². The molecule has 0 amide bonds. The van der Waals surface area contributed by atoms with Gasteiger partial charge in [-0.1, -0.05) is 41.9 Å². The lowest BCUT2D eigenvalue weighted by atomic mass is 10.2. The van der Waals surface area contributed by atoms with Gasteiger partial charge in [0.1, 0.15) is 5.56 Å². The van der Waals surface area contributed by atoms with E-state index in [1.165, 1.54) is 0 Å². The maximum Gasteiger partial charge on any atom is 0.420 e. The van der Waals surface area contributed by atoms with Crippen LogP contribution in [0, 0.1) is 0 Å². The van der Waals surface area contributed by atoms with Crippen molar-refractivity contribution in [3.63, 3.8) is 0 Å². The molecule has 2 aromatic carbocycles. The van der Waals surface area contributed by atoms with Gasteiger partial charge >= 0.3 is 12.1 Å². The molecule has 1 heterocycles. The second-order valence-corrected chi connectivity index (χ2v) is 8.65. The second kappa shape index (κ2) is 8.56. The number of rotatable bonds is 6. The van der Waals surface area contributed by atoms with Gasteiger partial charge in [-0.15, -0.1) is 0 Å². The summed E-state index contributed by atoms with van der Waals surface area (Å²) in [5.74, 6) is -2.12. The Balaban J connectivity index is 2.19. The number of nitrogens with zero attached hydrogens (tertiary/aromatic N) is 2. The molecule has 3 aromatic rings. The highest BCUT2D eigenvalue weighted by atomic mass is 35.5. The molecule has 0 saturated heterocycles. The molecule has 1 N–H and O–H groups in total. The fraction of sp³-hybridized carbons (Fsp3) is 0.100. The van der Waals surface area contributed by atoms with Crippen molar-refractivity contribution in [1.82, 2.24) is 4.98 Å². The average Bonchev–Trinajstić information content (AvgIpc) is 2.72. The van der Waals surface area contributed by atoms with Crippen LogP contribution in [0.2, 0.25) is 5.02 Å². The highest BCUT2D eigenvalue weighted by Crippen LogP contribution is 2.39. The van der Waals surface area contributed by atoms with E-state index in [1.54, 1.807) is 30.3 Å². The molecule has 0 atom stereocenters. The van der Waals surface area contributed by atoms with Crippen LogP contribution in [0.4, 0.5) is 19.0 Å². The second-order valence-electron chi connectivity index (χ2n) is 6.35. The summed E-state index contributed by atoms with van der Waals surface area (Å²) in [5, 5.41) is 8.70. The van der Waals surface area contributed by atoms with Gasteiger partial charge in [0.25, 0.3) is 10.0 Å². The first kappa shape index (κ1) is 22.6. The van der Waals surface area contributed by atoms with Crippen LogP contribution in [0.25, 0.3) is 0 Å². The van der Waals surface area contributed by atoms with E-state index < -0.39 is 45.0 Å². The smallest absolute Gasteiger partial charge is 0.420 e. The zero-order valence-electron chi connectivity index (χ0n) is 15.5. The molecule has 11 heteroatoms. The standard InChI is InChI=1S/C20H14ClF3N2O4S/c21-15-10-17(20(22,23)24)18(25-11-15)26(12-13-4-2-1-3-5-13)31(29,30)16-8-6-14(7-9-16)19(27)28/h1-11H,12H2,(H,27,28). The molecule has 0 aliphatic heterocycles. The average molecular weight is 471 g/mol. The lowest BCUT2D eigenvalue weighted by Crippen LogP contribution is -2.33. The Labute approximate surface area is 180 Å². The van der Waals surface area contributed by atoms with Crippen molar-refractivity contribution >= 4 is 33.4 Å². The molecule has 0 unspecified atom stereocenters. The van der Waals surface area contributed by atoms with E-state index in [0.29, 0.717) is 15.9 Å². The van der Waals surface area contributed by atoms with Gasteiger partial charge in [-0.2, -0.15) is 13.2 Å². The first-order valence-corrected chi connectivity index (χ1v) is 10.4. The van der Waals surface area contributed by atoms with Crippen molar-refractivity contribution in [2.75, 3.05) is 4.31 Å². The Morgan fingerprint density at radius 3 is 2.23 bits per heavy atom. The van der Waals surface area contributed by atoms with E-state index in [0.717, 1.165) is 30.5 Å². The number of aromatic carboxylic acids is 1. The molecule has 0 spiro atoms. The van der Waals surface area contributed by atoms with Crippen molar-refractivity contribution in [1.29, 1.82) is 0 Å². The third-order valence-electron chi connectivity index (χ3n) is 4.23. The van der Waals surface area contributed by atoms with Crippen LogP contribution >= 0.6 is 11.6 Å². The Morgan fingerprint density at radius 2 is 1.68 bits per heavy atom. The summed E-state index contributed by atoms with van der Waals surface area (Å²) in [6, 6.07) is 12.7. The number of aromatic nitrogens is 1. The van der Waals surface area contributed by atoms with E-state index >= 15 is 0 Å². The predicted octanol–water partition coefficient (Wildman–Crippen LogP) is 4.85. The van der Waals surface area contributed by atoms with Gasteiger partial charge in [0.05, 0.1) is 22.0 Å². The minimum Gasteiger partial charge on any atom is -0.478 e. The zero-order chi connectivity index (χ0) is 22.8. The van der Waals surface area contributed by atoms with Gasteiger partial charge < -0.3 is 5.11 Å². The molecule has 6 nitrogen and oxygen atoms in total. The largest absolute Gasteiger partial charge is 0.478 e. The first-order chi connectivity index (χ1) is 14.5. The molecule has 0 bridgehead atoms. The number of hydrogen-bond donors (Lipinski definition) is 1. The van der Waals surface area contributed by atoms with E-state index in [-0.39, 0.29) is 10.6 Å². The molecule has 0 fully saturated rings. The predicted molar refractivity (Wildman–Crippen MR) is 107 cm³/mol. The highest BCUT2D eigenvalue weighted by molar-refractivity contribution is 7.92. The van der Waals surface area contributed by atoms with Crippen LogP contribution in [0.15, 0.2) is 71.8 Å². The van der Waals surface area contributed by atoms with Crippen LogP contribution < -0.4 is 4.31 Å².